The maximum atomic E-state index is 12.4. The van der Waals surface area contributed by atoms with E-state index in [-0.39, 0.29) is 35.0 Å². The number of phenolic OH excluding ortho intramolecular Hbond substituents is 2. The second-order valence-electron chi connectivity index (χ2n) is 5.59. The van der Waals surface area contributed by atoms with Crippen molar-refractivity contribution >= 4 is 5.78 Å². The lowest BCUT2D eigenvalue weighted by atomic mass is 9.99. The molecule has 0 spiro atoms. The number of aryl methyl sites for hydroxylation is 1. The highest BCUT2D eigenvalue weighted by Gasteiger charge is 2.25. The fourth-order valence-electron chi connectivity index (χ4n) is 2.73. The van der Waals surface area contributed by atoms with E-state index in [1.165, 1.54) is 11.6 Å². The van der Waals surface area contributed by atoms with Crippen LogP contribution in [-0.4, -0.2) is 16.0 Å². The van der Waals surface area contributed by atoms with Crippen molar-refractivity contribution in [3.63, 3.8) is 0 Å². The van der Waals surface area contributed by atoms with Gasteiger partial charge in [-0.3, -0.25) is 4.79 Å². The van der Waals surface area contributed by atoms with Gasteiger partial charge in [0.2, 0.25) is 0 Å². The number of hydrogen-bond acceptors (Lipinski definition) is 4. The predicted octanol–water partition coefficient (Wildman–Crippen LogP) is 3.97. The second-order valence-corrected chi connectivity index (χ2v) is 5.59. The molecule has 0 radical (unpaired) electrons. The van der Waals surface area contributed by atoms with Crippen molar-refractivity contribution < 1.29 is 19.7 Å². The van der Waals surface area contributed by atoms with Crippen molar-refractivity contribution in [2.24, 2.45) is 0 Å². The van der Waals surface area contributed by atoms with Crippen LogP contribution in [0.15, 0.2) is 30.3 Å². The number of ether oxygens (including phenoxy) is 1. The van der Waals surface area contributed by atoms with Crippen LogP contribution < -0.4 is 4.74 Å². The Morgan fingerprint density at radius 1 is 1.14 bits per heavy atom. The molecule has 114 valence electrons. The van der Waals surface area contributed by atoms with E-state index in [9.17, 15) is 15.0 Å². The number of rotatable bonds is 3. The van der Waals surface area contributed by atoms with Gasteiger partial charge < -0.3 is 14.9 Å². The third kappa shape index (κ3) is 2.64. The Labute approximate surface area is 129 Å². The lowest BCUT2D eigenvalue weighted by Gasteiger charge is -2.10. The molecule has 22 heavy (non-hydrogen) atoms. The zero-order valence-corrected chi connectivity index (χ0v) is 12.4. The van der Waals surface area contributed by atoms with Crippen LogP contribution in [0.4, 0.5) is 0 Å². The minimum Gasteiger partial charge on any atom is -0.508 e. The van der Waals surface area contributed by atoms with Crippen LogP contribution in [0.25, 0.3) is 0 Å². The third-order valence-electron chi connectivity index (χ3n) is 3.86. The van der Waals surface area contributed by atoms with Crippen LogP contribution >= 0.6 is 0 Å². The van der Waals surface area contributed by atoms with E-state index in [0.717, 1.165) is 30.9 Å². The lowest BCUT2D eigenvalue weighted by molar-refractivity contribution is 0.0991. The number of benzene rings is 2. The van der Waals surface area contributed by atoms with Crippen LogP contribution in [0.2, 0.25) is 0 Å². The second kappa shape index (κ2) is 5.72. The predicted molar refractivity (Wildman–Crippen MR) is 82.9 cm³/mol. The van der Waals surface area contributed by atoms with Crippen molar-refractivity contribution in [2.75, 3.05) is 0 Å². The Morgan fingerprint density at radius 3 is 2.73 bits per heavy atom. The number of unbranched alkanes of at least 4 members (excludes halogenated alkanes) is 1. The number of ketones is 1. The quantitative estimate of drug-likeness (QED) is 0.899. The molecule has 0 unspecified atom stereocenters. The van der Waals surface area contributed by atoms with Crippen molar-refractivity contribution in [2.45, 2.75) is 32.6 Å². The number of carbonyl (C=O) groups excluding carboxylic acids is 1. The highest BCUT2D eigenvalue weighted by Crippen LogP contribution is 2.40. The SMILES string of the molecule is CCCCc1ccc2c(c1)CC(=O)c1c(O)cc(O)cc1O2. The molecular weight excluding hydrogens is 280 g/mol. The molecule has 0 saturated heterocycles. The van der Waals surface area contributed by atoms with E-state index < -0.39 is 0 Å². The van der Waals surface area contributed by atoms with Gasteiger partial charge in [-0.2, -0.15) is 0 Å². The molecule has 0 aliphatic carbocycles. The zero-order chi connectivity index (χ0) is 15.7. The van der Waals surface area contributed by atoms with E-state index in [0.29, 0.717) is 5.75 Å². The number of phenols is 2. The number of aromatic hydroxyl groups is 2. The van der Waals surface area contributed by atoms with Crippen LogP contribution in [0.5, 0.6) is 23.0 Å². The average molecular weight is 298 g/mol. The Bertz CT molecular complexity index is 734. The van der Waals surface area contributed by atoms with Gasteiger partial charge in [-0.15, -0.1) is 0 Å². The van der Waals surface area contributed by atoms with E-state index in [4.69, 9.17) is 4.74 Å². The standard InChI is InChI=1S/C18H18O4/c1-2-3-4-11-5-6-16-12(7-11)8-14(20)18-15(21)9-13(19)10-17(18)22-16/h5-7,9-10,19,21H,2-4,8H2,1H3. The van der Waals surface area contributed by atoms with Crippen molar-refractivity contribution in [3.05, 3.63) is 47.0 Å². The molecule has 1 aliphatic heterocycles. The smallest absolute Gasteiger partial charge is 0.174 e. The van der Waals surface area contributed by atoms with E-state index >= 15 is 0 Å². The summed E-state index contributed by atoms with van der Waals surface area (Å²) in [5.74, 6) is 0.199. The topological polar surface area (TPSA) is 66.8 Å². The minimum absolute atomic E-state index is 0.129. The van der Waals surface area contributed by atoms with Crippen molar-refractivity contribution in [3.8, 4) is 23.0 Å². The molecule has 2 aromatic rings. The van der Waals surface area contributed by atoms with E-state index in [1.807, 2.05) is 18.2 Å². The fourth-order valence-corrected chi connectivity index (χ4v) is 2.73. The van der Waals surface area contributed by atoms with Crippen molar-refractivity contribution in [1.82, 2.24) is 0 Å². The first kappa shape index (κ1) is 14.4. The summed E-state index contributed by atoms with van der Waals surface area (Å²) >= 11 is 0. The molecule has 0 atom stereocenters. The van der Waals surface area contributed by atoms with Gasteiger partial charge in [0.25, 0.3) is 0 Å². The zero-order valence-electron chi connectivity index (χ0n) is 12.4. The molecule has 0 saturated carbocycles. The highest BCUT2D eigenvalue weighted by atomic mass is 16.5. The first-order valence-corrected chi connectivity index (χ1v) is 7.47. The van der Waals surface area contributed by atoms with E-state index in [1.54, 1.807) is 0 Å². The van der Waals surface area contributed by atoms with Gasteiger partial charge in [0.05, 0.1) is 0 Å². The van der Waals surface area contributed by atoms with Crippen molar-refractivity contribution in [1.29, 1.82) is 0 Å². The molecule has 1 heterocycles. The Morgan fingerprint density at radius 2 is 1.95 bits per heavy atom. The number of Topliss-reactive ketones (excluding diaryl/α,β-unsaturated/α-hetero) is 1. The summed E-state index contributed by atoms with van der Waals surface area (Å²) in [7, 11) is 0. The molecule has 0 aromatic heterocycles. The molecule has 1 aliphatic rings. The molecular formula is C18H18O4. The molecule has 4 heteroatoms. The lowest BCUT2D eigenvalue weighted by Crippen LogP contribution is -2.02. The van der Waals surface area contributed by atoms with E-state index in [2.05, 4.69) is 6.92 Å². The highest BCUT2D eigenvalue weighted by molar-refractivity contribution is 6.03. The summed E-state index contributed by atoms with van der Waals surface area (Å²) < 4.78 is 5.75. The molecule has 0 amide bonds. The summed E-state index contributed by atoms with van der Waals surface area (Å²) in [5.41, 5.74) is 2.12. The van der Waals surface area contributed by atoms with Gasteiger partial charge in [-0.05, 0) is 24.5 Å². The molecule has 0 bridgehead atoms. The Hall–Kier alpha value is -2.49. The molecule has 2 aromatic carbocycles. The minimum atomic E-state index is -0.251. The Balaban J connectivity index is 2.02. The molecule has 0 fully saturated rings. The van der Waals surface area contributed by atoms with Gasteiger partial charge in [0.1, 0.15) is 28.6 Å². The average Bonchev–Trinajstić information content (AvgIpc) is 2.59. The summed E-state index contributed by atoms with van der Waals surface area (Å²) in [5, 5.41) is 19.5. The summed E-state index contributed by atoms with van der Waals surface area (Å²) in [6, 6.07) is 8.35. The van der Waals surface area contributed by atoms with Gasteiger partial charge in [-0.25, -0.2) is 0 Å². The monoisotopic (exact) mass is 298 g/mol. The normalized spacial score (nSPS) is 13.0. The van der Waals surface area contributed by atoms with Gasteiger partial charge in [-0.1, -0.05) is 25.5 Å². The fraction of sp³-hybridized carbons (Fsp3) is 0.278. The number of fused-ring (bicyclic) bond motifs is 2. The maximum absolute atomic E-state index is 12.4. The van der Waals surface area contributed by atoms with Gasteiger partial charge in [0, 0.05) is 24.1 Å². The van der Waals surface area contributed by atoms with Crippen LogP contribution in [0.3, 0.4) is 0 Å². The summed E-state index contributed by atoms with van der Waals surface area (Å²) in [6.07, 6.45) is 3.37. The van der Waals surface area contributed by atoms with Crippen LogP contribution in [0, 0.1) is 0 Å². The molecule has 2 N–H and O–H groups in total. The van der Waals surface area contributed by atoms with Gasteiger partial charge in [0.15, 0.2) is 5.78 Å². The third-order valence-corrected chi connectivity index (χ3v) is 3.86. The van der Waals surface area contributed by atoms with Crippen LogP contribution in [-0.2, 0) is 12.8 Å². The first-order chi connectivity index (χ1) is 10.6. The summed E-state index contributed by atoms with van der Waals surface area (Å²) in [4.78, 5) is 12.4. The number of carbonyl (C=O) groups is 1. The van der Waals surface area contributed by atoms with Gasteiger partial charge >= 0.3 is 0 Å². The largest absolute Gasteiger partial charge is 0.508 e. The first-order valence-electron chi connectivity index (χ1n) is 7.47. The van der Waals surface area contributed by atoms with Crippen LogP contribution in [0.1, 0.15) is 41.3 Å². The maximum Gasteiger partial charge on any atom is 0.174 e. The molecule has 3 rings (SSSR count). The Kier molecular flexibility index (Phi) is 3.75. The summed E-state index contributed by atoms with van der Waals surface area (Å²) in [6.45, 7) is 2.14. The molecule has 4 nitrogen and oxygen atoms in total. The number of hydrogen-bond donors (Lipinski definition) is 2.